The third-order valence-electron chi connectivity index (χ3n) is 2.64. The second-order valence-electron chi connectivity index (χ2n) is 3.75. The summed E-state index contributed by atoms with van der Waals surface area (Å²) in [6.45, 7) is 5.65. The summed E-state index contributed by atoms with van der Waals surface area (Å²) < 4.78 is 2.16. The zero-order chi connectivity index (χ0) is 14.0. The molecule has 0 bridgehead atoms. The summed E-state index contributed by atoms with van der Waals surface area (Å²) in [4.78, 5) is 14.7. The molecule has 0 aliphatic carbocycles. The molecule has 0 unspecified atom stereocenters. The van der Waals surface area contributed by atoms with Gasteiger partial charge in [-0.2, -0.15) is 15.0 Å². The van der Waals surface area contributed by atoms with Crippen molar-refractivity contribution >= 4 is 33.5 Å². The van der Waals surface area contributed by atoms with Crippen molar-refractivity contribution in [2.24, 2.45) is 7.05 Å². The molecule has 0 amide bonds. The highest BCUT2D eigenvalue weighted by Crippen LogP contribution is 2.24. The Labute approximate surface area is 124 Å². The Morgan fingerprint density at radius 1 is 1.21 bits per heavy atom. The van der Waals surface area contributed by atoms with E-state index in [1.165, 1.54) is 0 Å². The Morgan fingerprint density at radius 2 is 1.89 bits per heavy atom. The Bertz CT molecular complexity index is 562. The van der Waals surface area contributed by atoms with Crippen LogP contribution in [0.25, 0.3) is 11.5 Å². The van der Waals surface area contributed by atoms with Gasteiger partial charge in [0.05, 0.1) is 0 Å². The molecule has 0 saturated carbocycles. The average molecular weight is 347 g/mol. The van der Waals surface area contributed by atoms with Crippen LogP contribution in [0.15, 0.2) is 4.60 Å². The number of rotatable bonds is 4. The Morgan fingerprint density at radius 3 is 2.42 bits per heavy atom. The van der Waals surface area contributed by atoms with E-state index in [1.807, 2.05) is 18.7 Å². The number of aromatic nitrogens is 6. The van der Waals surface area contributed by atoms with E-state index in [0.29, 0.717) is 22.1 Å². The van der Waals surface area contributed by atoms with Crippen LogP contribution < -0.4 is 4.90 Å². The van der Waals surface area contributed by atoms with Crippen molar-refractivity contribution in [2.75, 3.05) is 18.0 Å². The lowest BCUT2D eigenvalue weighted by molar-refractivity contribution is 0.715. The molecule has 2 rings (SSSR count). The first-order valence-corrected chi connectivity index (χ1v) is 6.96. The highest BCUT2D eigenvalue weighted by atomic mass is 79.9. The number of aryl methyl sites for hydroxylation is 1. The third-order valence-corrected chi connectivity index (χ3v) is 3.34. The van der Waals surface area contributed by atoms with Gasteiger partial charge in [0.2, 0.25) is 11.2 Å². The largest absolute Gasteiger partial charge is 0.341 e. The van der Waals surface area contributed by atoms with E-state index in [0.717, 1.165) is 13.1 Å². The zero-order valence-corrected chi connectivity index (χ0v) is 13.1. The van der Waals surface area contributed by atoms with Crippen molar-refractivity contribution in [1.82, 2.24) is 29.9 Å². The Kier molecular flexibility index (Phi) is 4.31. The van der Waals surface area contributed by atoms with Gasteiger partial charge in [-0.1, -0.05) is 5.21 Å². The lowest BCUT2D eigenvalue weighted by Gasteiger charge is -2.18. The number of hydrogen-bond acceptors (Lipinski definition) is 6. The number of nitrogens with zero attached hydrogens (tertiary/aromatic N) is 7. The lowest BCUT2D eigenvalue weighted by atomic mass is 10.4. The summed E-state index contributed by atoms with van der Waals surface area (Å²) in [7, 11) is 1.77. The highest BCUT2D eigenvalue weighted by molar-refractivity contribution is 9.10. The SMILES string of the molecule is CCN(CC)c1nc(Cl)nc(-c2c(Br)nnn2C)n1. The molecule has 102 valence electrons. The number of anilines is 1. The fourth-order valence-electron chi connectivity index (χ4n) is 1.66. The van der Waals surface area contributed by atoms with Gasteiger partial charge < -0.3 is 4.90 Å². The van der Waals surface area contributed by atoms with Crippen molar-refractivity contribution in [3.8, 4) is 11.5 Å². The second-order valence-corrected chi connectivity index (χ2v) is 4.84. The molecule has 19 heavy (non-hydrogen) atoms. The van der Waals surface area contributed by atoms with E-state index in [2.05, 4.69) is 41.2 Å². The van der Waals surface area contributed by atoms with Gasteiger partial charge in [0.25, 0.3) is 0 Å². The summed E-state index contributed by atoms with van der Waals surface area (Å²) >= 11 is 9.30. The van der Waals surface area contributed by atoms with Crippen LogP contribution in [0.1, 0.15) is 13.8 Å². The molecular formula is C10H13BrClN7. The summed E-state index contributed by atoms with van der Waals surface area (Å²) in [6, 6.07) is 0. The Balaban J connectivity index is 2.53. The monoisotopic (exact) mass is 345 g/mol. The first-order chi connectivity index (χ1) is 9.06. The van der Waals surface area contributed by atoms with Gasteiger partial charge in [0, 0.05) is 20.1 Å². The molecular weight excluding hydrogens is 334 g/mol. The molecule has 9 heteroatoms. The fourth-order valence-corrected chi connectivity index (χ4v) is 2.32. The summed E-state index contributed by atoms with van der Waals surface area (Å²) in [6.07, 6.45) is 0. The van der Waals surface area contributed by atoms with Crippen LogP contribution in [0, 0.1) is 0 Å². The fraction of sp³-hybridized carbons (Fsp3) is 0.500. The van der Waals surface area contributed by atoms with Crippen molar-refractivity contribution in [3.63, 3.8) is 0 Å². The van der Waals surface area contributed by atoms with Crippen LogP contribution in [0.5, 0.6) is 0 Å². The van der Waals surface area contributed by atoms with E-state index >= 15 is 0 Å². The molecule has 0 saturated heterocycles. The van der Waals surface area contributed by atoms with Crippen molar-refractivity contribution < 1.29 is 0 Å². The molecule has 0 aliphatic heterocycles. The predicted molar refractivity (Wildman–Crippen MR) is 76.1 cm³/mol. The molecule has 7 nitrogen and oxygen atoms in total. The van der Waals surface area contributed by atoms with Gasteiger partial charge >= 0.3 is 0 Å². The summed E-state index contributed by atoms with van der Waals surface area (Å²) in [5.41, 5.74) is 0.665. The van der Waals surface area contributed by atoms with Gasteiger partial charge in [0.1, 0.15) is 5.69 Å². The molecule has 0 aromatic carbocycles. The molecule has 0 aliphatic rings. The van der Waals surface area contributed by atoms with Crippen LogP contribution in [0.2, 0.25) is 5.28 Å². The van der Waals surface area contributed by atoms with Crippen LogP contribution in [0.3, 0.4) is 0 Å². The third kappa shape index (κ3) is 2.84. The minimum absolute atomic E-state index is 0.153. The average Bonchev–Trinajstić information content (AvgIpc) is 2.70. The topological polar surface area (TPSA) is 72.6 Å². The van der Waals surface area contributed by atoms with Gasteiger partial charge in [0.15, 0.2) is 10.4 Å². The maximum absolute atomic E-state index is 5.98. The molecule has 0 radical (unpaired) electrons. The van der Waals surface area contributed by atoms with Crippen molar-refractivity contribution in [2.45, 2.75) is 13.8 Å². The molecule has 2 aromatic rings. The normalized spacial score (nSPS) is 10.8. The molecule has 2 aromatic heterocycles. The van der Waals surface area contributed by atoms with Crippen LogP contribution >= 0.6 is 27.5 Å². The van der Waals surface area contributed by atoms with Crippen molar-refractivity contribution in [3.05, 3.63) is 9.89 Å². The first-order valence-electron chi connectivity index (χ1n) is 5.78. The maximum Gasteiger partial charge on any atom is 0.230 e. The van der Waals surface area contributed by atoms with Crippen LogP contribution in [-0.4, -0.2) is 43.0 Å². The molecule has 0 fully saturated rings. The van der Waals surface area contributed by atoms with E-state index < -0.39 is 0 Å². The van der Waals surface area contributed by atoms with Crippen LogP contribution in [0.4, 0.5) is 5.95 Å². The predicted octanol–water partition coefficient (Wildman–Crippen LogP) is 1.93. The Hall–Kier alpha value is -1.28. The molecule has 2 heterocycles. The lowest BCUT2D eigenvalue weighted by Crippen LogP contribution is -2.24. The highest BCUT2D eigenvalue weighted by Gasteiger charge is 2.17. The minimum Gasteiger partial charge on any atom is -0.341 e. The van der Waals surface area contributed by atoms with Crippen LogP contribution in [-0.2, 0) is 7.05 Å². The maximum atomic E-state index is 5.98. The number of hydrogen-bond donors (Lipinski definition) is 0. The van der Waals surface area contributed by atoms with Gasteiger partial charge in [-0.05, 0) is 41.4 Å². The van der Waals surface area contributed by atoms with E-state index in [9.17, 15) is 0 Å². The standard InChI is InChI=1S/C10H13BrClN7/c1-4-19(5-2)10-14-8(13-9(12)15-10)6-7(11)16-17-18(6)3/h4-5H2,1-3H3. The zero-order valence-electron chi connectivity index (χ0n) is 10.8. The molecule has 0 spiro atoms. The van der Waals surface area contributed by atoms with E-state index in [1.54, 1.807) is 11.7 Å². The summed E-state index contributed by atoms with van der Waals surface area (Å²) in [5, 5.41) is 7.96. The molecule has 0 atom stereocenters. The smallest absolute Gasteiger partial charge is 0.230 e. The first kappa shape index (κ1) is 14.1. The van der Waals surface area contributed by atoms with Gasteiger partial charge in [-0.15, -0.1) is 5.10 Å². The number of halogens is 2. The van der Waals surface area contributed by atoms with E-state index in [4.69, 9.17) is 11.6 Å². The summed E-state index contributed by atoms with van der Waals surface area (Å²) in [5.74, 6) is 0.995. The molecule has 0 N–H and O–H groups in total. The van der Waals surface area contributed by atoms with Gasteiger partial charge in [-0.3, -0.25) is 0 Å². The minimum atomic E-state index is 0.153. The second kappa shape index (κ2) is 5.79. The van der Waals surface area contributed by atoms with E-state index in [-0.39, 0.29) is 5.28 Å². The van der Waals surface area contributed by atoms with Crippen molar-refractivity contribution in [1.29, 1.82) is 0 Å². The quantitative estimate of drug-likeness (QED) is 0.842. The van der Waals surface area contributed by atoms with Gasteiger partial charge in [-0.25, -0.2) is 4.68 Å².